The van der Waals surface area contributed by atoms with Crippen LogP contribution in [0.25, 0.3) is 0 Å². The maximum Gasteiger partial charge on any atom is 0.509 e. The zero-order valence-electron chi connectivity index (χ0n) is 14.6. The van der Waals surface area contributed by atoms with Crippen LogP contribution in [0.5, 0.6) is 0 Å². The number of nitrogens with one attached hydrogen (secondary N) is 1. The Balaban J connectivity index is 1.82. The van der Waals surface area contributed by atoms with Gasteiger partial charge in [0.15, 0.2) is 18.9 Å². The van der Waals surface area contributed by atoms with Crippen molar-refractivity contribution in [2.24, 2.45) is 0 Å². The molecule has 148 valence electrons. The van der Waals surface area contributed by atoms with Crippen molar-refractivity contribution in [3.05, 3.63) is 33.1 Å². The Bertz CT molecular complexity index is 873. The highest BCUT2D eigenvalue weighted by Gasteiger charge is 2.65. The average Bonchev–Trinajstić information content (AvgIpc) is 3.02. The van der Waals surface area contributed by atoms with Crippen LogP contribution in [0.4, 0.5) is 14.0 Å². The third-order valence-electron chi connectivity index (χ3n) is 3.68. The summed E-state index contributed by atoms with van der Waals surface area (Å²) >= 11 is 0. The number of carbonyl (C=O) groups excluding carboxylic acids is 2. The molecule has 4 atom stereocenters. The van der Waals surface area contributed by atoms with Crippen molar-refractivity contribution in [3.63, 3.8) is 0 Å². The lowest BCUT2D eigenvalue weighted by molar-refractivity contribution is -0.214. The molecule has 0 bridgehead atoms. The first-order valence-electron chi connectivity index (χ1n) is 7.90. The Morgan fingerprint density at radius 1 is 1.33 bits per heavy atom. The van der Waals surface area contributed by atoms with E-state index in [0.717, 1.165) is 16.8 Å². The Hall–Kier alpha value is -2.89. The van der Waals surface area contributed by atoms with E-state index in [1.807, 2.05) is 4.98 Å². The Labute approximate surface area is 150 Å². The fourth-order valence-corrected chi connectivity index (χ4v) is 2.64. The van der Waals surface area contributed by atoms with E-state index < -0.39 is 60.1 Å². The molecule has 0 saturated carbocycles. The molecule has 11 nitrogen and oxygen atoms in total. The summed E-state index contributed by atoms with van der Waals surface area (Å²) in [7, 11) is 0. The second-order valence-electron chi connectivity index (χ2n) is 6.94. The molecule has 3 heterocycles. The molecule has 1 aromatic heterocycles. The molecule has 2 fully saturated rings. The molecular weight excluding hydrogens is 371 g/mol. The zero-order chi connectivity index (χ0) is 20.0. The van der Waals surface area contributed by atoms with Crippen LogP contribution < -0.4 is 11.2 Å². The van der Waals surface area contributed by atoms with Gasteiger partial charge in [-0.15, -0.1) is 0 Å². The van der Waals surface area contributed by atoms with Gasteiger partial charge in [-0.25, -0.2) is 18.8 Å². The molecule has 0 amide bonds. The lowest BCUT2D eigenvalue weighted by Crippen LogP contribution is -2.43. The first-order valence-corrected chi connectivity index (χ1v) is 7.90. The molecule has 1 aromatic rings. The van der Waals surface area contributed by atoms with E-state index >= 15 is 4.39 Å². The van der Waals surface area contributed by atoms with Crippen molar-refractivity contribution < 1.29 is 37.7 Å². The quantitative estimate of drug-likeness (QED) is 0.738. The summed E-state index contributed by atoms with van der Waals surface area (Å²) in [6.45, 7) is 3.79. The number of halogens is 1. The SMILES string of the molecule is CC(C)(C)OC(=O)OC[C@@]1(F)O[C@@H](n2ccc(=O)[nH]c2=O)[C@@H]2OC(=O)O[C@@H]21. The van der Waals surface area contributed by atoms with Crippen molar-refractivity contribution in [1.82, 2.24) is 9.55 Å². The highest BCUT2D eigenvalue weighted by molar-refractivity contribution is 5.63. The summed E-state index contributed by atoms with van der Waals surface area (Å²) in [6, 6.07) is 1.01. The summed E-state index contributed by atoms with van der Waals surface area (Å²) in [6.07, 6.45) is -5.66. The number of hydrogen-bond acceptors (Lipinski definition) is 9. The number of alkyl halides is 1. The molecule has 0 spiro atoms. The van der Waals surface area contributed by atoms with Gasteiger partial charge in [-0.1, -0.05) is 0 Å². The lowest BCUT2D eigenvalue weighted by atomic mass is 10.1. The van der Waals surface area contributed by atoms with Crippen molar-refractivity contribution in [2.75, 3.05) is 6.61 Å². The summed E-state index contributed by atoms with van der Waals surface area (Å²) in [5.74, 6) is -2.80. The normalized spacial score (nSPS) is 29.6. The highest BCUT2D eigenvalue weighted by atomic mass is 19.2. The molecule has 2 aliphatic heterocycles. The van der Waals surface area contributed by atoms with Crippen molar-refractivity contribution in [3.8, 4) is 0 Å². The number of aromatic amines is 1. The smallest absolute Gasteiger partial charge is 0.429 e. The van der Waals surface area contributed by atoms with Crippen LogP contribution in [0, 0.1) is 0 Å². The van der Waals surface area contributed by atoms with Gasteiger partial charge in [0.1, 0.15) is 5.60 Å². The number of H-pyrrole nitrogens is 1. The molecule has 3 rings (SSSR count). The Kier molecular flexibility index (Phi) is 4.46. The molecule has 1 N–H and O–H groups in total. The average molecular weight is 388 g/mol. The van der Waals surface area contributed by atoms with E-state index in [9.17, 15) is 19.2 Å². The number of ether oxygens (including phenoxy) is 5. The second-order valence-corrected chi connectivity index (χ2v) is 6.94. The van der Waals surface area contributed by atoms with Crippen LogP contribution in [0.15, 0.2) is 21.9 Å². The molecule has 0 aliphatic carbocycles. The molecular formula is C15H17FN2O9. The van der Waals surface area contributed by atoms with Crippen molar-refractivity contribution >= 4 is 12.3 Å². The number of hydrogen-bond donors (Lipinski definition) is 1. The Morgan fingerprint density at radius 2 is 2.04 bits per heavy atom. The topological polar surface area (TPSA) is 135 Å². The summed E-state index contributed by atoms with van der Waals surface area (Å²) < 4.78 is 40.6. The van der Waals surface area contributed by atoms with Gasteiger partial charge >= 0.3 is 18.0 Å². The molecule has 2 aliphatic rings. The van der Waals surface area contributed by atoms with Gasteiger partial charge < -0.3 is 23.7 Å². The van der Waals surface area contributed by atoms with Gasteiger partial charge in [0.2, 0.25) is 6.10 Å². The van der Waals surface area contributed by atoms with Crippen molar-refractivity contribution in [1.29, 1.82) is 0 Å². The number of aromatic nitrogens is 2. The fraction of sp³-hybridized carbons (Fsp3) is 0.600. The number of nitrogens with zero attached hydrogens (tertiary/aromatic N) is 1. The van der Waals surface area contributed by atoms with E-state index in [0.29, 0.717) is 0 Å². The molecule has 27 heavy (non-hydrogen) atoms. The number of carbonyl (C=O) groups is 2. The molecule has 0 aromatic carbocycles. The molecule has 12 heteroatoms. The van der Waals surface area contributed by atoms with Gasteiger partial charge in [0.25, 0.3) is 11.4 Å². The first kappa shape index (κ1) is 18.9. The van der Waals surface area contributed by atoms with Gasteiger partial charge in [0, 0.05) is 12.3 Å². The lowest BCUT2D eigenvalue weighted by Gasteiger charge is -2.24. The standard InChI is InChI=1S/C15H17FN2O9/c1-14(2,3)27-12(21)23-6-15(16)9-8(24-13(22)25-9)10(26-15)18-5-4-7(19)17-11(18)20/h4-5,8-10H,6H2,1-3H3,(H,17,19,20)/t8-,9+,10-,15-/m1/s1. The van der Waals surface area contributed by atoms with E-state index in [-0.39, 0.29) is 0 Å². The minimum absolute atomic E-state index is 0.676. The number of fused-ring (bicyclic) bond motifs is 1. The third kappa shape index (κ3) is 3.79. The van der Waals surface area contributed by atoms with Crippen LogP contribution in [0.3, 0.4) is 0 Å². The molecule has 0 unspecified atom stereocenters. The minimum Gasteiger partial charge on any atom is -0.429 e. The van der Waals surface area contributed by atoms with Crippen LogP contribution in [-0.4, -0.2) is 52.1 Å². The van der Waals surface area contributed by atoms with Crippen LogP contribution >= 0.6 is 0 Å². The van der Waals surface area contributed by atoms with Gasteiger partial charge in [-0.3, -0.25) is 14.3 Å². The Morgan fingerprint density at radius 3 is 2.67 bits per heavy atom. The van der Waals surface area contributed by atoms with Crippen LogP contribution in [0.2, 0.25) is 0 Å². The van der Waals surface area contributed by atoms with E-state index in [2.05, 4.69) is 0 Å². The molecule has 0 radical (unpaired) electrons. The number of rotatable bonds is 3. The summed E-state index contributed by atoms with van der Waals surface area (Å²) in [4.78, 5) is 48.2. The minimum atomic E-state index is -2.80. The summed E-state index contributed by atoms with van der Waals surface area (Å²) in [5.41, 5.74) is -2.45. The van der Waals surface area contributed by atoms with Gasteiger partial charge in [-0.2, -0.15) is 0 Å². The third-order valence-corrected chi connectivity index (χ3v) is 3.68. The largest absolute Gasteiger partial charge is 0.509 e. The second kappa shape index (κ2) is 6.37. The predicted molar refractivity (Wildman–Crippen MR) is 82.6 cm³/mol. The maximum atomic E-state index is 15.3. The maximum absolute atomic E-state index is 15.3. The van der Waals surface area contributed by atoms with E-state index in [1.165, 1.54) is 0 Å². The zero-order valence-corrected chi connectivity index (χ0v) is 14.6. The first-order chi connectivity index (χ1) is 12.5. The van der Waals surface area contributed by atoms with Crippen molar-refractivity contribution in [2.45, 2.75) is 50.7 Å². The van der Waals surface area contributed by atoms with Crippen LogP contribution in [0.1, 0.15) is 27.0 Å². The predicted octanol–water partition coefficient (Wildman–Crippen LogP) is 0.587. The highest BCUT2D eigenvalue weighted by Crippen LogP contribution is 2.44. The van der Waals surface area contributed by atoms with E-state index in [4.69, 9.17) is 23.7 Å². The van der Waals surface area contributed by atoms with Gasteiger partial charge in [-0.05, 0) is 20.8 Å². The fourth-order valence-electron chi connectivity index (χ4n) is 2.64. The van der Waals surface area contributed by atoms with Crippen LogP contribution in [-0.2, 0) is 23.7 Å². The van der Waals surface area contributed by atoms with Gasteiger partial charge in [0.05, 0.1) is 0 Å². The van der Waals surface area contributed by atoms with E-state index in [1.54, 1.807) is 20.8 Å². The monoisotopic (exact) mass is 388 g/mol. The summed E-state index contributed by atoms with van der Waals surface area (Å²) in [5, 5.41) is 0. The molecule has 2 saturated heterocycles.